The summed E-state index contributed by atoms with van der Waals surface area (Å²) in [7, 11) is 0. The molecule has 0 atom stereocenters. The van der Waals surface area contributed by atoms with E-state index >= 15 is 0 Å². The van der Waals surface area contributed by atoms with Crippen molar-refractivity contribution in [2.75, 3.05) is 6.54 Å². The molecule has 0 aliphatic heterocycles. The number of aromatic nitrogens is 2. The highest BCUT2D eigenvalue weighted by Gasteiger charge is 2.05. The van der Waals surface area contributed by atoms with E-state index in [2.05, 4.69) is 31.4 Å². The van der Waals surface area contributed by atoms with Crippen LogP contribution >= 0.6 is 15.9 Å². The third kappa shape index (κ3) is 3.92. The van der Waals surface area contributed by atoms with Gasteiger partial charge in [-0.05, 0) is 49.6 Å². The Kier molecular flexibility index (Phi) is 4.74. The second kappa shape index (κ2) is 6.52. The third-order valence-corrected chi connectivity index (χ3v) is 3.48. The molecule has 1 aromatic heterocycles. The van der Waals surface area contributed by atoms with Gasteiger partial charge in [0.05, 0.1) is 6.20 Å². The summed E-state index contributed by atoms with van der Waals surface area (Å²) < 4.78 is 0.972. The number of rotatable bonds is 5. The molecule has 0 aliphatic carbocycles. The molecule has 1 heterocycles. The van der Waals surface area contributed by atoms with Crippen LogP contribution < -0.4 is 5.32 Å². The van der Waals surface area contributed by atoms with E-state index in [1.807, 2.05) is 25.3 Å². The molecular formula is C14H16BrN3O. The number of halogens is 1. The molecule has 5 heteroatoms. The van der Waals surface area contributed by atoms with Gasteiger partial charge in [-0.25, -0.2) is 0 Å². The second-order valence-corrected chi connectivity index (χ2v) is 5.30. The highest BCUT2D eigenvalue weighted by molar-refractivity contribution is 9.10. The molecule has 0 saturated heterocycles. The van der Waals surface area contributed by atoms with Crippen LogP contribution in [0.5, 0.6) is 0 Å². The molecule has 100 valence electrons. The van der Waals surface area contributed by atoms with Crippen LogP contribution in [0.4, 0.5) is 0 Å². The number of aryl methyl sites for hydroxylation is 2. The summed E-state index contributed by atoms with van der Waals surface area (Å²) in [6.45, 7) is 2.67. The fourth-order valence-electron chi connectivity index (χ4n) is 1.81. The van der Waals surface area contributed by atoms with Crippen LogP contribution in [0.25, 0.3) is 0 Å². The van der Waals surface area contributed by atoms with Crippen molar-refractivity contribution >= 4 is 21.8 Å². The third-order valence-electron chi connectivity index (χ3n) is 2.95. The molecule has 0 fully saturated rings. The summed E-state index contributed by atoms with van der Waals surface area (Å²) >= 11 is 3.35. The second-order valence-electron chi connectivity index (χ2n) is 4.39. The maximum Gasteiger partial charge on any atom is 0.251 e. The molecule has 1 aromatic carbocycles. The van der Waals surface area contributed by atoms with Gasteiger partial charge in [0.1, 0.15) is 0 Å². The summed E-state index contributed by atoms with van der Waals surface area (Å²) in [4.78, 5) is 11.8. The first-order valence-electron chi connectivity index (χ1n) is 6.19. The van der Waals surface area contributed by atoms with Crippen molar-refractivity contribution < 1.29 is 4.79 Å². The topological polar surface area (TPSA) is 57.8 Å². The number of carbonyl (C=O) groups excluding carboxylic acids is 1. The standard InChI is InChI=1S/C14H16BrN3O/c1-10-12(9-17-18-10)3-2-8-16-14(19)11-4-6-13(15)7-5-11/h4-7,9H,2-3,8H2,1H3,(H,16,19)(H,17,18). The molecule has 0 unspecified atom stereocenters. The lowest BCUT2D eigenvalue weighted by Gasteiger charge is -2.05. The zero-order valence-corrected chi connectivity index (χ0v) is 12.3. The Morgan fingerprint density at radius 1 is 1.37 bits per heavy atom. The van der Waals surface area contributed by atoms with Crippen LogP contribution in [0, 0.1) is 6.92 Å². The van der Waals surface area contributed by atoms with Gasteiger partial charge >= 0.3 is 0 Å². The molecular weight excluding hydrogens is 306 g/mol. The summed E-state index contributed by atoms with van der Waals surface area (Å²) in [5.74, 6) is -0.0311. The van der Waals surface area contributed by atoms with Gasteiger partial charge in [0.2, 0.25) is 0 Å². The summed E-state index contributed by atoms with van der Waals surface area (Å²) in [5, 5.41) is 9.80. The number of nitrogens with zero attached hydrogens (tertiary/aromatic N) is 1. The van der Waals surface area contributed by atoms with Crippen LogP contribution in [-0.4, -0.2) is 22.6 Å². The zero-order valence-electron chi connectivity index (χ0n) is 10.7. The Morgan fingerprint density at radius 2 is 2.11 bits per heavy atom. The monoisotopic (exact) mass is 321 g/mol. The van der Waals surface area contributed by atoms with Crippen molar-refractivity contribution in [2.45, 2.75) is 19.8 Å². The SMILES string of the molecule is Cc1[nH]ncc1CCCNC(=O)c1ccc(Br)cc1. The molecule has 2 rings (SSSR count). The minimum absolute atomic E-state index is 0.0311. The number of carbonyl (C=O) groups is 1. The Balaban J connectivity index is 1.75. The van der Waals surface area contributed by atoms with Gasteiger partial charge < -0.3 is 5.32 Å². The smallest absolute Gasteiger partial charge is 0.251 e. The van der Waals surface area contributed by atoms with Crippen molar-refractivity contribution in [2.24, 2.45) is 0 Å². The maximum absolute atomic E-state index is 11.8. The molecule has 19 heavy (non-hydrogen) atoms. The van der Waals surface area contributed by atoms with Gasteiger partial charge in [-0.15, -0.1) is 0 Å². The first-order valence-corrected chi connectivity index (χ1v) is 6.99. The Hall–Kier alpha value is -1.62. The normalized spacial score (nSPS) is 10.4. The highest BCUT2D eigenvalue weighted by atomic mass is 79.9. The van der Waals surface area contributed by atoms with Crippen molar-refractivity contribution in [3.63, 3.8) is 0 Å². The van der Waals surface area contributed by atoms with Crippen LogP contribution in [0.3, 0.4) is 0 Å². The summed E-state index contributed by atoms with van der Waals surface area (Å²) in [5.41, 5.74) is 2.99. The predicted molar refractivity (Wildman–Crippen MR) is 78.1 cm³/mol. The Morgan fingerprint density at radius 3 is 2.74 bits per heavy atom. The van der Waals surface area contributed by atoms with Crippen molar-refractivity contribution in [3.8, 4) is 0 Å². The average Bonchev–Trinajstić information content (AvgIpc) is 2.81. The van der Waals surface area contributed by atoms with E-state index in [9.17, 15) is 4.79 Å². The molecule has 2 N–H and O–H groups in total. The fourth-order valence-corrected chi connectivity index (χ4v) is 2.08. The highest BCUT2D eigenvalue weighted by Crippen LogP contribution is 2.10. The number of hydrogen-bond donors (Lipinski definition) is 2. The van der Waals surface area contributed by atoms with Crippen LogP contribution in [-0.2, 0) is 6.42 Å². The largest absolute Gasteiger partial charge is 0.352 e. The minimum Gasteiger partial charge on any atom is -0.352 e. The zero-order chi connectivity index (χ0) is 13.7. The van der Waals surface area contributed by atoms with E-state index in [1.165, 1.54) is 5.56 Å². The number of H-pyrrole nitrogens is 1. The number of amides is 1. The molecule has 0 saturated carbocycles. The van der Waals surface area contributed by atoms with Gasteiger partial charge in [-0.2, -0.15) is 5.10 Å². The van der Waals surface area contributed by atoms with E-state index in [-0.39, 0.29) is 5.91 Å². The Bertz CT molecular complexity index is 548. The lowest BCUT2D eigenvalue weighted by Crippen LogP contribution is -2.24. The van der Waals surface area contributed by atoms with Crippen molar-refractivity contribution in [1.29, 1.82) is 0 Å². The number of hydrogen-bond acceptors (Lipinski definition) is 2. The average molecular weight is 322 g/mol. The van der Waals surface area contributed by atoms with Gasteiger partial charge in [0, 0.05) is 22.3 Å². The molecule has 0 radical (unpaired) electrons. The van der Waals surface area contributed by atoms with Gasteiger partial charge in [0.25, 0.3) is 5.91 Å². The lowest BCUT2D eigenvalue weighted by atomic mass is 10.1. The van der Waals surface area contributed by atoms with E-state index < -0.39 is 0 Å². The fraction of sp³-hybridized carbons (Fsp3) is 0.286. The molecule has 0 bridgehead atoms. The van der Waals surface area contributed by atoms with Crippen LogP contribution in [0.15, 0.2) is 34.9 Å². The first-order chi connectivity index (χ1) is 9.16. The Labute approximate surface area is 120 Å². The van der Waals surface area contributed by atoms with Crippen LogP contribution in [0.2, 0.25) is 0 Å². The summed E-state index contributed by atoms with van der Waals surface area (Å²) in [6.07, 6.45) is 3.66. The quantitative estimate of drug-likeness (QED) is 0.832. The van der Waals surface area contributed by atoms with E-state index in [1.54, 1.807) is 12.1 Å². The van der Waals surface area contributed by atoms with Gasteiger partial charge in [-0.3, -0.25) is 9.89 Å². The number of aromatic amines is 1. The van der Waals surface area contributed by atoms with E-state index in [0.717, 1.165) is 23.0 Å². The van der Waals surface area contributed by atoms with E-state index in [4.69, 9.17) is 0 Å². The molecule has 1 amide bonds. The number of benzene rings is 1. The van der Waals surface area contributed by atoms with Crippen LogP contribution in [0.1, 0.15) is 28.0 Å². The number of nitrogens with one attached hydrogen (secondary N) is 2. The molecule has 4 nitrogen and oxygen atoms in total. The molecule has 2 aromatic rings. The van der Waals surface area contributed by atoms with Crippen molar-refractivity contribution in [1.82, 2.24) is 15.5 Å². The lowest BCUT2D eigenvalue weighted by molar-refractivity contribution is 0.0953. The van der Waals surface area contributed by atoms with Gasteiger partial charge in [0.15, 0.2) is 0 Å². The van der Waals surface area contributed by atoms with Crippen molar-refractivity contribution in [3.05, 3.63) is 51.8 Å². The first kappa shape index (κ1) is 13.8. The summed E-state index contributed by atoms with van der Waals surface area (Å²) in [6, 6.07) is 7.34. The molecule has 0 aliphatic rings. The predicted octanol–water partition coefficient (Wildman–Crippen LogP) is 2.84. The molecule has 0 spiro atoms. The van der Waals surface area contributed by atoms with E-state index in [0.29, 0.717) is 12.1 Å². The van der Waals surface area contributed by atoms with Gasteiger partial charge in [-0.1, -0.05) is 15.9 Å². The maximum atomic E-state index is 11.8. The minimum atomic E-state index is -0.0311.